The van der Waals surface area contributed by atoms with Gasteiger partial charge in [0.1, 0.15) is 29.9 Å². The molecular weight excluding hydrogens is 336 g/mol. The van der Waals surface area contributed by atoms with Crippen molar-refractivity contribution in [2.45, 2.75) is 88.1 Å². The van der Waals surface area contributed by atoms with Crippen molar-refractivity contribution in [3.63, 3.8) is 0 Å². The van der Waals surface area contributed by atoms with Crippen molar-refractivity contribution in [2.24, 2.45) is 0 Å². The minimum atomic E-state index is -1.28. The fraction of sp³-hybridized carbons (Fsp3) is 1.00. The largest absolute Gasteiger partial charge is 0.394 e. The molecule has 1 aliphatic rings. The first-order chi connectivity index (χ1) is 11.1. The predicted octanol–water partition coefficient (Wildman–Crippen LogP) is 2.31. The number of aliphatic hydroxyl groups is 4. The highest BCUT2D eigenvalue weighted by Gasteiger charge is 2.43. The average molecular weight is 369 g/mol. The molecule has 5 nitrogen and oxygen atoms in total. The summed E-state index contributed by atoms with van der Waals surface area (Å²) in [5, 5.41) is 38.5. The third kappa shape index (κ3) is 7.94. The van der Waals surface area contributed by atoms with Crippen LogP contribution in [0.2, 0.25) is 0 Å². The van der Waals surface area contributed by atoms with Crippen molar-refractivity contribution >= 4 is 21.6 Å². The lowest BCUT2D eigenvalue weighted by molar-refractivity contribution is -0.205. The van der Waals surface area contributed by atoms with E-state index in [0.29, 0.717) is 0 Å². The number of hydrogen-bond acceptors (Lipinski definition) is 7. The fourth-order valence-corrected chi connectivity index (χ4v) is 5.09. The van der Waals surface area contributed by atoms with Crippen molar-refractivity contribution in [1.29, 1.82) is 0 Å². The lowest BCUT2D eigenvalue weighted by atomic mass is 10.0. The molecule has 0 aromatic heterocycles. The summed E-state index contributed by atoms with van der Waals surface area (Å²) < 4.78 is 5.45. The van der Waals surface area contributed by atoms with Gasteiger partial charge in [0.2, 0.25) is 0 Å². The number of hydrogen-bond donors (Lipinski definition) is 4. The average Bonchev–Trinajstić information content (AvgIpc) is 2.56. The minimum absolute atomic E-state index is 0.370. The van der Waals surface area contributed by atoms with Gasteiger partial charge in [-0.25, -0.2) is 0 Å². The van der Waals surface area contributed by atoms with Crippen LogP contribution in [-0.4, -0.2) is 62.6 Å². The standard InChI is InChI=1S/C16H32O5S2/c1-2-3-4-5-6-7-8-9-10-22-23-16-15(20)14(19)13(18)12(11-17)21-16/h12-20H,2-11H2,1H3. The van der Waals surface area contributed by atoms with Crippen LogP contribution in [0.5, 0.6) is 0 Å². The van der Waals surface area contributed by atoms with Gasteiger partial charge in [0.25, 0.3) is 0 Å². The second-order valence-corrected chi connectivity index (χ2v) is 8.68. The monoisotopic (exact) mass is 368 g/mol. The lowest BCUT2D eigenvalue weighted by Gasteiger charge is -2.39. The van der Waals surface area contributed by atoms with Crippen LogP contribution < -0.4 is 0 Å². The van der Waals surface area contributed by atoms with Gasteiger partial charge >= 0.3 is 0 Å². The number of aliphatic hydroxyl groups excluding tert-OH is 4. The molecule has 138 valence electrons. The smallest absolute Gasteiger partial charge is 0.142 e. The van der Waals surface area contributed by atoms with Gasteiger partial charge in [0, 0.05) is 5.75 Å². The van der Waals surface area contributed by atoms with E-state index in [1.165, 1.54) is 55.7 Å². The molecule has 1 saturated heterocycles. The van der Waals surface area contributed by atoms with Crippen molar-refractivity contribution in [2.75, 3.05) is 12.4 Å². The van der Waals surface area contributed by atoms with Gasteiger partial charge in [-0.1, -0.05) is 73.5 Å². The van der Waals surface area contributed by atoms with Gasteiger partial charge in [-0.2, -0.15) is 0 Å². The molecule has 4 N–H and O–H groups in total. The summed E-state index contributed by atoms with van der Waals surface area (Å²) in [7, 11) is 2.98. The van der Waals surface area contributed by atoms with Crippen molar-refractivity contribution in [3.05, 3.63) is 0 Å². The van der Waals surface area contributed by atoms with Gasteiger partial charge in [-0.05, 0) is 6.42 Å². The normalized spacial score (nSPS) is 31.4. The molecule has 0 saturated carbocycles. The number of rotatable bonds is 12. The summed E-state index contributed by atoms with van der Waals surface area (Å²) in [5.74, 6) is 0.967. The van der Waals surface area contributed by atoms with Crippen LogP contribution in [0.1, 0.15) is 58.3 Å². The van der Waals surface area contributed by atoms with Crippen LogP contribution in [-0.2, 0) is 4.74 Å². The summed E-state index contributed by atoms with van der Waals surface area (Å²) in [6.07, 6.45) is 5.73. The first kappa shape index (κ1) is 21.5. The van der Waals surface area contributed by atoms with Crippen molar-refractivity contribution < 1.29 is 25.2 Å². The summed E-state index contributed by atoms with van der Waals surface area (Å²) in [6, 6.07) is 0. The predicted molar refractivity (Wildman–Crippen MR) is 96.4 cm³/mol. The van der Waals surface area contributed by atoms with Gasteiger partial charge in [0.15, 0.2) is 0 Å². The van der Waals surface area contributed by atoms with Crippen molar-refractivity contribution in [3.8, 4) is 0 Å². The topological polar surface area (TPSA) is 90.2 Å². The Morgan fingerprint density at radius 3 is 2.04 bits per heavy atom. The second-order valence-electron chi connectivity index (χ2n) is 6.09. The van der Waals surface area contributed by atoms with E-state index in [2.05, 4.69) is 6.92 Å². The molecule has 1 fully saturated rings. The molecule has 1 aliphatic heterocycles. The Kier molecular flexibility index (Phi) is 12.0. The molecule has 1 heterocycles. The molecule has 0 spiro atoms. The molecule has 0 bridgehead atoms. The molecule has 23 heavy (non-hydrogen) atoms. The van der Waals surface area contributed by atoms with Gasteiger partial charge in [-0.15, -0.1) is 0 Å². The van der Waals surface area contributed by atoms with E-state index in [1.54, 1.807) is 10.8 Å². The minimum Gasteiger partial charge on any atom is -0.394 e. The quantitative estimate of drug-likeness (QED) is 0.310. The maximum absolute atomic E-state index is 9.91. The van der Waals surface area contributed by atoms with E-state index in [-0.39, 0.29) is 6.61 Å². The highest BCUT2D eigenvalue weighted by atomic mass is 33.1. The van der Waals surface area contributed by atoms with Crippen LogP contribution in [0.4, 0.5) is 0 Å². The second kappa shape index (κ2) is 12.8. The Morgan fingerprint density at radius 1 is 0.826 bits per heavy atom. The Bertz CT molecular complexity index is 294. The Balaban J connectivity index is 2.06. The molecule has 5 unspecified atom stereocenters. The molecule has 5 atom stereocenters. The Labute approximate surface area is 147 Å². The summed E-state index contributed by atoms with van der Waals surface area (Å²) >= 11 is 0. The van der Waals surface area contributed by atoms with Gasteiger partial charge < -0.3 is 25.2 Å². The van der Waals surface area contributed by atoms with E-state index < -0.39 is 29.9 Å². The SMILES string of the molecule is CCCCCCCCCCSSC1OC(CO)C(O)C(O)C1O. The molecule has 0 aliphatic carbocycles. The highest BCUT2D eigenvalue weighted by Crippen LogP contribution is 2.36. The third-order valence-electron chi connectivity index (χ3n) is 4.09. The van der Waals surface area contributed by atoms with Crippen LogP contribution in [0.25, 0.3) is 0 Å². The lowest BCUT2D eigenvalue weighted by Crippen LogP contribution is -2.57. The zero-order valence-electron chi connectivity index (χ0n) is 14.0. The van der Waals surface area contributed by atoms with Crippen LogP contribution in [0.15, 0.2) is 0 Å². The van der Waals surface area contributed by atoms with E-state index in [0.717, 1.165) is 12.2 Å². The number of unbranched alkanes of at least 4 members (excludes halogenated alkanes) is 7. The molecular formula is C16H32O5S2. The molecule has 0 radical (unpaired) electrons. The Morgan fingerprint density at radius 2 is 1.43 bits per heavy atom. The van der Waals surface area contributed by atoms with E-state index >= 15 is 0 Å². The highest BCUT2D eigenvalue weighted by molar-refractivity contribution is 8.76. The zero-order chi connectivity index (χ0) is 17.1. The summed E-state index contributed by atoms with van der Waals surface area (Å²) in [5.41, 5.74) is -0.621. The van der Waals surface area contributed by atoms with Crippen LogP contribution in [0, 0.1) is 0 Å². The molecule has 0 aromatic carbocycles. The molecule has 7 heteroatoms. The van der Waals surface area contributed by atoms with E-state index in [9.17, 15) is 15.3 Å². The first-order valence-corrected chi connectivity index (χ1v) is 11.1. The molecule has 1 rings (SSSR count). The van der Waals surface area contributed by atoms with Gasteiger partial charge in [-0.3, -0.25) is 0 Å². The summed E-state index contributed by atoms with van der Waals surface area (Å²) in [4.78, 5) is 0. The third-order valence-corrected chi connectivity index (χ3v) is 6.74. The Hall–Kier alpha value is 0.500. The zero-order valence-corrected chi connectivity index (χ0v) is 15.6. The molecule has 0 amide bonds. The van der Waals surface area contributed by atoms with E-state index in [1.807, 2.05) is 0 Å². The molecule has 0 aromatic rings. The fourth-order valence-electron chi connectivity index (χ4n) is 2.56. The van der Waals surface area contributed by atoms with E-state index in [4.69, 9.17) is 9.84 Å². The maximum atomic E-state index is 9.91. The first-order valence-electron chi connectivity index (χ1n) is 8.70. The van der Waals surface area contributed by atoms with Gasteiger partial charge in [0.05, 0.1) is 6.61 Å². The number of ether oxygens (including phenoxy) is 1. The summed E-state index contributed by atoms with van der Waals surface area (Å²) in [6.45, 7) is 1.86. The van der Waals surface area contributed by atoms with Crippen molar-refractivity contribution in [1.82, 2.24) is 0 Å². The van der Waals surface area contributed by atoms with Crippen LogP contribution in [0.3, 0.4) is 0 Å². The maximum Gasteiger partial charge on any atom is 0.142 e. The van der Waals surface area contributed by atoms with Crippen LogP contribution >= 0.6 is 21.6 Å².